The highest BCUT2D eigenvalue weighted by atomic mass is 31.2. The minimum atomic E-state index is -4.96. The Labute approximate surface area is 567 Å². The molecule has 2 unspecified atom stereocenters. The minimum absolute atomic E-state index is 0.0856. The Kier molecular flexibility index (Phi) is 65.0. The number of allylic oxidation sites excluding steroid dienone is 4. The molecule has 17 nitrogen and oxygen atoms in total. The van der Waals surface area contributed by atoms with Crippen molar-refractivity contribution in [3.05, 3.63) is 24.3 Å². The van der Waals surface area contributed by atoms with E-state index in [2.05, 4.69) is 58.9 Å². The van der Waals surface area contributed by atoms with Gasteiger partial charge in [0.2, 0.25) is 0 Å². The largest absolute Gasteiger partial charge is 0.472 e. The van der Waals surface area contributed by atoms with Crippen molar-refractivity contribution in [1.29, 1.82) is 0 Å². The first-order valence-electron chi connectivity index (χ1n) is 38.0. The van der Waals surface area contributed by atoms with Gasteiger partial charge in [0.1, 0.15) is 19.3 Å². The lowest BCUT2D eigenvalue weighted by atomic mass is 10.0. The molecule has 0 saturated carbocycles. The van der Waals surface area contributed by atoms with Crippen LogP contribution in [0.25, 0.3) is 0 Å². The first kappa shape index (κ1) is 90.5. The second kappa shape index (κ2) is 66.8. The van der Waals surface area contributed by atoms with Crippen LogP contribution in [0.1, 0.15) is 362 Å². The maximum atomic E-state index is 13.1. The van der Waals surface area contributed by atoms with Gasteiger partial charge in [0.15, 0.2) is 12.2 Å². The van der Waals surface area contributed by atoms with Gasteiger partial charge in [-0.25, -0.2) is 9.13 Å². The molecule has 0 rings (SSSR count). The van der Waals surface area contributed by atoms with Crippen molar-refractivity contribution in [3.8, 4) is 0 Å². The lowest BCUT2D eigenvalue weighted by Gasteiger charge is -2.21. The van der Waals surface area contributed by atoms with Crippen molar-refractivity contribution in [3.63, 3.8) is 0 Å². The smallest absolute Gasteiger partial charge is 0.462 e. The number of carbonyl (C=O) groups is 4. The number of phosphoric ester groups is 2. The molecule has 0 aromatic rings. The van der Waals surface area contributed by atoms with Gasteiger partial charge in [-0.15, -0.1) is 0 Å². The third kappa shape index (κ3) is 67.9. The topological polar surface area (TPSA) is 237 Å². The molecule has 0 radical (unpaired) electrons. The lowest BCUT2D eigenvalue weighted by Crippen LogP contribution is -2.30. The third-order valence-electron chi connectivity index (χ3n) is 16.7. The summed E-state index contributed by atoms with van der Waals surface area (Å²) in [5.41, 5.74) is 0. The highest BCUT2D eigenvalue weighted by Gasteiger charge is 2.30. The van der Waals surface area contributed by atoms with Crippen LogP contribution in [-0.2, 0) is 65.4 Å². The molecule has 0 bridgehead atoms. The molecule has 0 fully saturated rings. The predicted octanol–water partition coefficient (Wildman–Crippen LogP) is 21.2. The number of esters is 4. The molecule has 3 N–H and O–H groups in total. The predicted molar refractivity (Wildman–Crippen MR) is 377 cm³/mol. The molecule has 0 spiro atoms. The van der Waals surface area contributed by atoms with E-state index >= 15 is 0 Å². The third-order valence-corrected chi connectivity index (χ3v) is 18.6. The van der Waals surface area contributed by atoms with Gasteiger partial charge in [-0.2, -0.15) is 0 Å². The van der Waals surface area contributed by atoms with Crippen LogP contribution in [0.3, 0.4) is 0 Å². The fourth-order valence-corrected chi connectivity index (χ4v) is 12.4. The summed E-state index contributed by atoms with van der Waals surface area (Å²) in [6, 6.07) is 0. The zero-order valence-corrected chi connectivity index (χ0v) is 61.7. The number of hydrogen-bond donors (Lipinski definition) is 3. The molecule has 19 heteroatoms. The Hall–Kier alpha value is -2.46. The average molecular weight is 1360 g/mol. The van der Waals surface area contributed by atoms with Crippen LogP contribution in [0, 0.1) is 5.92 Å². The van der Waals surface area contributed by atoms with Crippen LogP contribution in [0.4, 0.5) is 0 Å². The van der Waals surface area contributed by atoms with Gasteiger partial charge in [0.05, 0.1) is 26.4 Å². The van der Waals surface area contributed by atoms with Crippen molar-refractivity contribution in [2.24, 2.45) is 5.92 Å². The van der Waals surface area contributed by atoms with Gasteiger partial charge in [-0.1, -0.05) is 309 Å². The van der Waals surface area contributed by atoms with E-state index in [0.717, 1.165) is 109 Å². The van der Waals surface area contributed by atoms with Gasteiger partial charge < -0.3 is 33.8 Å². The number of unbranched alkanes of at least 4 members (excludes halogenated alkanes) is 41. The molecule has 0 aliphatic rings. The molecule has 5 atom stereocenters. The Balaban J connectivity index is 5.28. The van der Waals surface area contributed by atoms with E-state index in [-0.39, 0.29) is 25.7 Å². The number of aliphatic hydroxyl groups is 1. The zero-order valence-electron chi connectivity index (χ0n) is 59.9. The summed E-state index contributed by atoms with van der Waals surface area (Å²) in [6.45, 7) is 7.16. The quantitative estimate of drug-likeness (QED) is 0.0169. The molecular weight excluding hydrogens is 1220 g/mol. The lowest BCUT2D eigenvalue weighted by molar-refractivity contribution is -0.161. The summed E-state index contributed by atoms with van der Waals surface area (Å²) in [6.07, 6.45) is 57.6. The first-order chi connectivity index (χ1) is 45.0. The van der Waals surface area contributed by atoms with E-state index in [1.54, 1.807) is 0 Å². The van der Waals surface area contributed by atoms with Gasteiger partial charge in [-0.3, -0.25) is 37.3 Å². The summed E-state index contributed by atoms with van der Waals surface area (Å²) in [5, 5.41) is 10.6. The molecule has 93 heavy (non-hydrogen) atoms. The molecular formula is C74H140O17P2. The van der Waals surface area contributed by atoms with E-state index in [1.807, 2.05) is 0 Å². The van der Waals surface area contributed by atoms with E-state index in [9.17, 15) is 43.2 Å². The van der Waals surface area contributed by atoms with E-state index in [4.69, 9.17) is 37.0 Å². The number of ether oxygens (including phenoxy) is 4. The van der Waals surface area contributed by atoms with E-state index in [1.165, 1.54) is 167 Å². The second-order valence-corrected chi connectivity index (χ2v) is 29.4. The Morgan fingerprint density at radius 3 is 0.882 bits per heavy atom. The maximum Gasteiger partial charge on any atom is 0.472 e. The summed E-state index contributed by atoms with van der Waals surface area (Å²) >= 11 is 0. The zero-order chi connectivity index (χ0) is 68.4. The van der Waals surface area contributed by atoms with Gasteiger partial charge in [0, 0.05) is 25.7 Å². The number of carbonyl (C=O) groups excluding carboxylic acids is 4. The van der Waals surface area contributed by atoms with Gasteiger partial charge >= 0.3 is 39.5 Å². The van der Waals surface area contributed by atoms with Crippen molar-refractivity contribution in [1.82, 2.24) is 0 Å². The molecule has 0 aliphatic carbocycles. The summed E-state index contributed by atoms with van der Waals surface area (Å²) in [4.78, 5) is 72.7. The monoisotopic (exact) mass is 1360 g/mol. The summed E-state index contributed by atoms with van der Waals surface area (Å²) in [5.74, 6) is -1.44. The Bertz CT molecular complexity index is 1880. The molecule has 0 amide bonds. The van der Waals surface area contributed by atoms with Crippen molar-refractivity contribution >= 4 is 39.5 Å². The van der Waals surface area contributed by atoms with Gasteiger partial charge in [-0.05, 0) is 57.3 Å². The van der Waals surface area contributed by atoms with Crippen LogP contribution in [-0.4, -0.2) is 96.7 Å². The molecule has 0 aliphatic heterocycles. The summed E-state index contributed by atoms with van der Waals surface area (Å²) < 4.78 is 68.4. The standard InChI is InChI=1S/C74H140O17P2/c1-6-9-12-15-18-21-24-27-29-32-34-37-42-47-52-57-71(76)84-63-69(90-74(79)60-55-50-44-39-36-33-30-28-25-22-19-16-13-10-7-2)65-88-92(80,81)86-61-68(75)62-87-93(82,83)89-66-70(64-85-72(77)58-53-48-45-40-41-46-51-56-67(4)5)91-73(78)59-54-49-43-38-35-31-26-23-20-17-14-11-8-3/h22,25,28,30,67-70,75H,6-21,23-24,26-27,29,31-66H2,1-5H3,(H,80,81)(H,82,83)/b25-22-,30-28-/t68-,69-,70-/m1/s1. The molecule has 0 heterocycles. The fraction of sp³-hybridized carbons (Fsp3) is 0.892. The SMILES string of the molecule is CCCCCC/C=C\C=C/CCCCCCCC(=O)O[C@H](COC(=O)CCCCCCCCCCCCCCCCC)COP(=O)(O)OC[C@@H](O)COP(=O)(O)OC[C@@H](COC(=O)CCCCCCCCCC(C)C)OC(=O)CCCCCCCCCCCCCCC. The van der Waals surface area contributed by atoms with E-state index < -0.39 is 97.5 Å². The van der Waals surface area contributed by atoms with Crippen LogP contribution in [0.15, 0.2) is 24.3 Å². The summed E-state index contributed by atoms with van der Waals surface area (Å²) in [7, 11) is -9.92. The average Bonchev–Trinajstić information content (AvgIpc) is 1.83. The van der Waals surface area contributed by atoms with Crippen molar-refractivity contribution in [2.75, 3.05) is 39.6 Å². The number of phosphoric acid groups is 2. The maximum absolute atomic E-state index is 13.1. The number of aliphatic hydroxyl groups excluding tert-OH is 1. The van der Waals surface area contributed by atoms with Crippen molar-refractivity contribution < 1.29 is 80.2 Å². The molecule has 0 aromatic heterocycles. The second-order valence-electron chi connectivity index (χ2n) is 26.5. The van der Waals surface area contributed by atoms with Crippen LogP contribution < -0.4 is 0 Å². The first-order valence-corrected chi connectivity index (χ1v) is 40.9. The molecule has 0 saturated heterocycles. The normalized spacial score (nSPS) is 14.2. The highest BCUT2D eigenvalue weighted by Crippen LogP contribution is 2.45. The van der Waals surface area contributed by atoms with Gasteiger partial charge in [0.25, 0.3) is 0 Å². The van der Waals surface area contributed by atoms with E-state index in [0.29, 0.717) is 31.6 Å². The molecule has 548 valence electrons. The Morgan fingerprint density at radius 2 is 0.581 bits per heavy atom. The Morgan fingerprint density at radius 1 is 0.333 bits per heavy atom. The van der Waals surface area contributed by atoms with Crippen LogP contribution >= 0.6 is 15.6 Å². The van der Waals surface area contributed by atoms with Crippen LogP contribution in [0.2, 0.25) is 0 Å². The number of hydrogen-bond acceptors (Lipinski definition) is 15. The number of rotatable bonds is 72. The van der Waals surface area contributed by atoms with Crippen molar-refractivity contribution in [2.45, 2.75) is 380 Å². The highest BCUT2D eigenvalue weighted by molar-refractivity contribution is 7.47. The fourth-order valence-electron chi connectivity index (χ4n) is 10.8. The minimum Gasteiger partial charge on any atom is -0.462 e. The molecule has 0 aromatic carbocycles. The van der Waals surface area contributed by atoms with Crippen LogP contribution in [0.5, 0.6) is 0 Å².